The van der Waals surface area contributed by atoms with Crippen LogP contribution in [0.4, 0.5) is 14.5 Å². The molecular weight excluding hydrogens is 230 g/mol. The van der Waals surface area contributed by atoms with Gasteiger partial charge in [-0.3, -0.25) is 4.79 Å². The zero-order valence-corrected chi connectivity index (χ0v) is 8.39. The van der Waals surface area contributed by atoms with Crippen LogP contribution in [0.15, 0.2) is 6.07 Å². The first-order valence-corrected chi connectivity index (χ1v) is 4.17. The molecule has 2 N–H and O–H groups in total. The van der Waals surface area contributed by atoms with E-state index >= 15 is 0 Å². The van der Waals surface area contributed by atoms with E-state index < -0.39 is 17.4 Å². The molecule has 0 aliphatic rings. The van der Waals surface area contributed by atoms with Gasteiger partial charge in [0.1, 0.15) is 11.3 Å². The summed E-state index contributed by atoms with van der Waals surface area (Å²) in [5.74, 6) is -0.301. The van der Waals surface area contributed by atoms with E-state index in [0.717, 1.165) is 6.07 Å². The Morgan fingerprint density at radius 1 is 1.67 bits per heavy atom. The fourth-order valence-corrected chi connectivity index (χ4v) is 1.21. The van der Waals surface area contributed by atoms with E-state index in [9.17, 15) is 13.6 Å². The quantitative estimate of drug-likeness (QED) is 0.815. The van der Waals surface area contributed by atoms with E-state index in [1.54, 1.807) is 0 Å². The lowest BCUT2D eigenvalue weighted by molar-refractivity contribution is 0.107. The second kappa shape index (κ2) is 4.39. The third-order valence-corrected chi connectivity index (χ3v) is 1.84. The van der Waals surface area contributed by atoms with Crippen LogP contribution in [0, 0.1) is 0 Å². The van der Waals surface area contributed by atoms with Crippen LogP contribution in [0.5, 0.6) is 5.88 Å². The van der Waals surface area contributed by atoms with Crippen LogP contribution in [0.3, 0.4) is 0 Å². The van der Waals surface area contributed by atoms with E-state index in [1.165, 1.54) is 7.11 Å². The van der Waals surface area contributed by atoms with Crippen molar-refractivity contribution in [3.63, 3.8) is 0 Å². The van der Waals surface area contributed by atoms with Crippen molar-refractivity contribution in [1.29, 1.82) is 0 Å². The molecule has 0 aromatic carbocycles. The van der Waals surface area contributed by atoms with Gasteiger partial charge >= 0.3 is 0 Å². The minimum absolute atomic E-state index is 0.183. The molecule has 0 radical (unpaired) electrons. The van der Waals surface area contributed by atoms with Gasteiger partial charge < -0.3 is 10.5 Å². The number of aromatic nitrogens is 1. The van der Waals surface area contributed by atoms with Crippen molar-refractivity contribution in [3.8, 4) is 5.88 Å². The van der Waals surface area contributed by atoms with Gasteiger partial charge in [-0.1, -0.05) is 0 Å². The molecule has 7 heteroatoms. The highest BCUT2D eigenvalue weighted by atomic mass is 35.5. The van der Waals surface area contributed by atoms with Crippen molar-refractivity contribution in [2.45, 2.75) is 6.43 Å². The first-order valence-electron chi connectivity index (χ1n) is 3.79. The summed E-state index contributed by atoms with van der Waals surface area (Å²) in [6.07, 6.45) is -2.79. The Morgan fingerprint density at radius 3 is 2.67 bits per heavy atom. The summed E-state index contributed by atoms with van der Waals surface area (Å²) in [5, 5.41) is -0.905. The first-order chi connectivity index (χ1) is 6.97. The number of methoxy groups -OCH3 is 1. The Kier molecular flexibility index (Phi) is 3.41. The van der Waals surface area contributed by atoms with Crippen LogP contribution >= 0.6 is 11.6 Å². The highest BCUT2D eigenvalue weighted by Gasteiger charge is 2.20. The van der Waals surface area contributed by atoms with Gasteiger partial charge in [-0.05, 0) is 17.7 Å². The van der Waals surface area contributed by atoms with Gasteiger partial charge in [0.15, 0.2) is 0 Å². The number of nitrogens with zero attached hydrogens (tertiary/aromatic N) is 1. The maximum absolute atomic E-state index is 12.3. The van der Waals surface area contributed by atoms with E-state index in [-0.39, 0.29) is 17.1 Å². The Balaban J connectivity index is 3.37. The number of hydrogen-bond acceptors (Lipinski definition) is 4. The van der Waals surface area contributed by atoms with Gasteiger partial charge in [-0.25, -0.2) is 13.8 Å². The molecule has 0 atom stereocenters. The summed E-state index contributed by atoms with van der Waals surface area (Å²) in [5.41, 5.74) is 4.43. The van der Waals surface area contributed by atoms with Gasteiger partial charge in [0.25, 0.3) is 11.7 Å². The average molecular weight is 237 g/mol. The summed E-state index contributed by atoms with van der Waals surface area (Å²) in [6, 6.07) is 0.892. The molecular formula is C8H7ClF2N2O2. The van der Waals surface area contributed by atoms with Crippen LogP contribution in [0.25, 0.3) is 0 Å². The molecule has 0 saturated heterocycles. The fraction of sp³-hybridized carbons (Fsp3) is 0.250. The fourth-order valence-electron chi connectivity index (χ4n) is 1.02. The van der Waals surface area contributed by atoms with Crippen LogP contribution in [-0.2, 0) is 0 Å². The molecule has 0 amide bonds. The number of hydrogen-bond donors (Lipinski definition) is 1. The van der Waals surface area contributed by atoms with Crippen LogP contribution in [0.2, 0.25) is 0 Å². The number of rotatable bonds is 3. The van der Waals surface area contributed by atoms with Gasteiger partial charge in [-0.15, -0.1) is 0 Å². The molecule has 15 heavy (non-hydrogen) atoms. The zero-order valence-electron chi connectivity index (χ0n) is 7.63. The number of anilines is 1. The Hall–Kier alpha value is -1.43. The smallest absolute Gasteiger partial charge is 0.280 e. The largest absolute Gasteiger partial charge is 0.480 e. The summed E-state index contributed by atoms with van der Waals surface area (Å²) in [4.78, 5) is 14.3. The van der Waals surface area contributed by atoms with Crippen LogP contribution in [0.1, 0.15) is 22.5 Å². The van der Waals surface area contributed by atoms with E-state index in [1.807, 2.05) is 0 Å². The van der Waals surface area contributed by atoms with Crippen molar-refractivity contribution < 1.29 is 18.3 Å². The highest BCUT2D eigenvalue weighted by Crippen LogP contribution is 2.28. The monoisotopic (exact) mass is 236 g/mol. The molecule has 0 unspecified atom stereocenters. The molecule has 0 aliphatic carbocycles. The topological polar surface area (TPSA) is 65.2 Å². The Labute approximate surface area is 89.0 Å². The minimum Gasteiger partial charge on any atom is -0.480 e. The lowest BCUT2D eigenvalue weighted by Gasteiger charge is -2.09. The highest BCUT2D eigenvalue weighted by molar-refractivity contribution is 6.68. The molecule has 1 aromatic heterocycles. The third-order valence-electron chi connectivity index (χ3n) is 1.65. The molecule has 1 rings (SSSR count). The van der Waals surface area contributed by atoms with E-state index in [4.69, 9.17) is 17.3 Å². The van der Waals surface area contributed by atoms with Gasteiger partial charge in [0.05, 0.1) is 12.8 Å². The molecule has 1 heterocycles. The van der Waals surface area contributed by atoms with Gasteiger partial charge in [0.2, 0.25) is 5.88 Å². The van der Waals surface area contributed by atoms with Crippen LogP contribution in [-0.4, -0.2) is 17.3 Å². The summed E-state index contributed by atoms with van der Waals surface area (Å²) in [6.45, 7) is 0. The van der Waals surface area contributed by atoms with Crippen LogP contribution < -0.4 is 10.5 Å². The number of ether oxygens (including phenoxy) is 1. The zero-order chi connectivity index (χ0) is 11.6. The SMILES string of the molecule is COc1nc(C(F)F)cc(N)c1C(=O)Cl. The number of carbonyl (C=O) groups excluding carboxylic acids is 1. The predicted octanol–water partition coefficient (Wildman–Crippen LogP) is 1.99. The van der Waals surface area contributed by atoms with Crippen molar-refractivity contribution >= 4 is 22.5 Å². The van der Waals surface area contributed by atoms with Gasteiger partial charge in [-0.2, -0.15) is 0 Å². The maximum atomic E-state index is 12.3. The third kappa shape index (κ3) is 2.33. The lowest BCUT2D eigenvalue weighted by atomic mass is 10.2. The standard InChI is InChI=1S/C8H7ClF2N2O2/c1-15-8-5(6(9)14)3(12)2-4(13-8)7(10)11/h2,7H,1H3,(H2,12,13). The second-order valence-corrected chi connectivity index (χ2v) is 2.94. The molecule has 0 saturated carbocycles. The normalized spacial score (nSPS) is 10.5. The molecule has 1 aromatic rings. The van der Waals surface area contributed by atoms with E-state index in [2.05, 4.69) is 9.72 Å². The number of carbonyl (C=O) groups is 1. The number of nitrogens with two attached hydrogens (primary N) is 1. The van der Waals surface area contributed by atoms with Crippen molar-refractivity contribution in [1.82, 2.24) is 4.98 Å². The summed E-state index contributed by atoms with van der Waals surface area (Å²) < 4.78 is 29.3. The van der Waals surface area contributed by atoms with Crippen molar-refractivity contribution in [3.05, 3.63) is 17.3 Å². The molecule has 82 valence electrons. The number of pyridine rings is 1. The Morgan fingerprint density at radius 2 is 2.27 bits per heavy atom. The predicted molar refractivity (Wildman–Crippen MR) is 50.3 cm³/mol. The summed E-state index contributed by atoms with van der Waals surface area (Å²) >= 11 is 5.20. The maximum Gasteiger partial charge on any atom is 0.280 e. The minimum atomic E-state index is -2.79. The second-order valence-electron chi connectivity index (χ2n) is 2.60. The lowest BCUT2D eigenvalue weighted by Crippen LogP contribution is -2.06. The first kappa shape index (κ1) is 11.6. The van der Waals surface area contributed by atoms with E-state index in [0.29, 0.717) is 0 Å². The molecule has 0 fully saturated rings. The molecule has 0 aliphatic heterocycles. The molecule has 0 bridgehead atoms. The molecule has 4 nitrogen and oxygen atoms in total. The van der Waals surface area contributed by atoms with Crippen molar-refractivity contribution in [2.75, 3.05) is 12.8 Å². The van der Waals surface area contributed by atoms with Crippen molar-refractivity contribution in [2.24, 2.45) is 0 Å². The summed E-state index contributed by atoms with van der Waals surface area (Å²) in [7, 11) is 1.18. The molecule has 0 spiro atoms. The Bertz CT molecular complexity index is 398. The number of alkyl halides is 2. The average Bonchev–Trinajstić information content (AvgIpc) is 2.15. The number of halogens is 3. The van der Waals surface area contributed by atoms with Gasteiger partial charge in [0, 0.05) is 0 Å². The number of nitrogen functional groups attached to an aromatic ring is 1.